The van der Waals surface area contributed by atoms with Crippen LogP contribution in [0, 0.1) is 5.82 Å². The maximum Gasteiger partial charge on any atom is 0.223 e. The molecule has 0 bridgehead atoms. The Kier molecular flexibility index (Phi) is 4.64. The predicted octanol–water partition coefficient (Wildman–Crippen LogP) is 4.05. The summed E-state index contributed by atoms with van der Waals surface area (Å²) >= 11 is 5.79. The highest BCUT2D eigenvalue weighted by atomic mass is 35.5. The molecule has 0 N–H and O–H groups in total. The number of aryl methyl sites for hydroxylation is 1. The van der Waals surface area contributed by atoms with Crippen LogP contribution < -0.4 is 4.74 Å². The molecule has 1 fully saturated rings. The maximum atomic E-state index is 13.2. The third-order valence-electron chi connectivity index (χ3n) is 5.28. The summed E-state index contributed by atoms with van der Waals surface area (Å²) in [5.41, 5.74) is 0.808. The summed E-state index contributed by atoms with van der Waals surface area (Å²) < 4.78 is 19.4. The lowest BCUT2D eigenvalue weighted by Crippen LogP contribution is -2.45. The molecule has 0 radical (unpaired) electrons. The van der Waals surface area contributed by atoms with Crippen LogP contribution >= 0.6 is 11.6 Å². The minimum atomic E-state index is -0.625. The zero-order chi connectivity index (χ0) is 19.0. The van der Waals surface area contributed by atoms with Gasteiger partial charge in [-0.3, -0.25) is 9.59 Å². The van der Waals surface area contributed by atoms with Crippen molar-refractivity contribution in [2.75, 3.05) is 13.1 Å². The van der Waals surface area contributed by atoms with Crippen LogP contribution in [-0.4, -0.2) is 35.3 Å². The van der Waals surface area contributed by atoms with E-state index in [1.807, 2.05) is 12.1 Å². The first-order chi connectivity index (χ1) is 13.0. The molecule has 1 atom stereocenters. The third-order valence-corrected chi connectivity index (χ3v) is 5.57. The van der Waals surface area contributed by atoms with Crippen LogP contribution in [0.25, 0.3) is 0 Å². The number of carbonyl (C=O) groups is 2. The van der Waals surface area contributed by atoms with Gasteiger partial charge in [-0.2, -0.15) is 0 Å². The molecule has 1 saturated heterocycles. The number of nitrogens with zero attached hydrogens (tertiary/aromatic N) is 1. The molecule has 4 nitrogen and oxygen atoms in total. The van der Waals surface area contributed by atoms with Crippen molar-refractivity contribution in [3.8, 4) is 5.75 Å². The topological polar surface area (TPSA) is 46.6 Å². The Bertz CT molecular complexity index is 916. The van der Waals surface area contributed by atoms with E-state index in [-0.39, 0.29) is 16.7 Å². The van der Waals surface area contributed by atoms with Crippen molar-refractivity contribution < 1.29 is 18.7 Å². The lowest BCUT2D eigenvalue weighted by Gasteiger charge is -2.34. The highest BCUT2D eigenvalue weighted by Crippen LogP contribution is 2.38. The van der Waals surface area contributed by atoms with Crippen LogP contribution in [0.5, 0.6) is 5.75 Å². The minimum Gasteiger partial charge on any atom is -0.484 e. The molecule has 2 aliphatic rings. The van der Waals surface area contributed by atoms with Crippen molar-refractivity contribution in [2.45, 2.75) is 31.3 Å². The molecule has 1 amide bonds. The Morgan fingerprint density at radius 3 is 2.89 bits per heavy atom. The predicted molar refractivity (Wildman–Crippen MR) is 99.7 cm³/mol. The van der Waals surface area contributed by atoms with E-state index in [0.29, 0.717) is 50.1 Å². The molecule has 140 valence electrons. The van der Waals surface area contributed by atoms with Gasteiger partial charge in [0.25, 0.3) is 0 Å². The fourth-order valence-electron chi connectivity index (χ4n) is 3.83. The first kappa shape index (κ1) is 18.0. The average molecular weight is 388 g/mol. The summed E-state index contributed by atoms with van der Waals surface area (Å²) in [4.78, 5) is 26.8. The van der Waals surface area contributed by atoms with Gasteiger partial charge in [0.1, 0.15) is 17.2 Å². The van der Waals surface area contributed by atoms with E-state index < -0.39 is 11.4 Å². The Morgan fingerprint density at radius 1 is 1.26 bits per heavy atom. The van der Waals surface area contributed by atoms with E-state index in [2.05, 4.69) is 0 Å². The second kappa shape index (κ2) is 6.97. The Balaban J connectivity index is 1.40. The molecule has 27 heavy (non-hydrogen) atoms. The van der Waals surface area contributed by atoms with Crippen molar-refractivity contribution >= 4 is 23.3 Å². The van der Waals surface area contributed by atoms with E-state index in [1.165, 1.54) is 6.07 Å². The molecule has 2 aromatic carbocycles. The quantitative estimate of drug-likeness (QED) is 0.798. The van der Waals surface area contributed by atoms with E-state index in [4.69, 9.17) is 16.3 Å². The summed E-state index contributed by atoms with van der Waals surface area (Å²) in [7, 11) is 0. The summed E-state index contributed by atoms with van der Waals surface area (Å²) in [5, 5.41) is 0.0628. The Morgan fingerprint density at radius 2 is 2.07 bits per heavy atom. The van der Waals surface area contributed by atoms with Gasteiger partial charge in [0.05, 0.1) is 23.6 Å². The van der Waals surface area contributed by atoms with E-state index in [1.54, 1.807) is 29.2 Å². The number of rotatable bonds is 3. The standard InChI is InChI=1S/C21H19ClFNO3/c22-16-11-14(5-7-17(16)23)6-8-20(26)24-10-9-21(13-24)12-18(25)15-3-1-2-4-19(15)27-21/h1-5,7,11H,6,8-10,12-13H2. The van der Waals surface area contributed by atoms with Gasteiger partial charge in [-0.25, -0.2) is 4.39 Å². The van der Waals surface area contributed by atoms with Crippen LogP contribution in [-0.2, 0) is 11.2 Å². The number of hydrogen-bond acceptors (Lipinski definition) is 3. The molecular formula is C21H19ClFNO3. The second-order valence-corrected chi connectivity index (χ2v) is 7.60. The van der Waals surface area contributed by atoms with Crippen molar-refractivity contribution in [1.29, 1.82) is 0 Å². The molecule has 2 aromatic rings. The summed E-state index contributed by atoms with van der Waals surface area (Å²) in [6, 6.07) is 11.7. The summed E-state index contributed by atoms with van der Waals surface area (Å²) in [6.07, 6.45) is 1.73. The molecule has 0 aromatic heterocycles. The zero-order valence-electron chi connectivity index (χ0n) is 14.7. The van der Waals surface area contributed by atoms with Crippen LogP contribution in [0.15, 0.2) is 42.5 Å². The van der Waals surface area contributed by atoms with E-state index >= 15 is 0 Å². The first-order valence-electron chi connectivity index (χ1n) is 8.99. The maximum absolute atomic E-state index is 13.2. The summed E-state index contributed by atoms with van der Waals surface area (Å²) in [6.45, 7) is 0.981. The van der Waals surface area contributed by atoms with Gasteiger partial charge in [0.15, 0.2) is 5.78 Å². The van der Waals surface area contributed by atoms with Gasteiger partial charge in [-0.05, 0) is 36.2 Å². The molecule has 0 aliphatic carbocycles. The number of amides is 1. The largest absolute Gasteiger partial charge is 0.484 e. The lowest BCUT2D eigenvalue weighted by atomic mass is 9.89. The molecule has 0 saturated carbocycles. The molecule has 1 spiro atoms. The van der Waals surface area contributed by atoms with Gasteiger partial charge in [0, 0.05) is 19.4 Å². The number of ether oxygens (including phenoxy) is 1. The van der Waals surface area contributed by atoms with Crippen LogP contribution in [0.4, 0.5) is 4.39 Å². The number of halogens is 2. The van der Waals surface area contributed by atoms with Gasteiger partial charge < -0.3 is 9.64 Å². The number of likely N-dealkylation sites (tertiary alicyclic amines) is 1. The van der Waals surface area contributed by atoms with Gasteiger partial charge in [-0.1, -0.05) is 29.8 Å². The van der Waals surface area contributed by atoms with Gasteiger partial charge in [-0.15, -0.1) is 0 Å². The lowest BCUT2D eigenvalue weighted by molar-refractivity contribution is -0.130. The molecule has 1 unspecified atom stereocenters. The number of ketones is 1. The highest BCUT2D eigenvalue weighted by molar-refractivity contribution is 6.30. The zero-order valence-corrected chi connectivity index (χ0v) is 15.5. The number of fused-ring (bicyclic) bond motifs is 1. The fourth-order valence-corrected chi connectivity index (χ4v) is 4.04. The number of benzene rings is 2. The highest BCUT2D eigenvalue weighted by Gasteiger charge is 2.46. The number of carbonyl (C=O) groups excluding carboxylic acids is 2. The third kappa shape index (κ3) is 3.56. The number of hydrogen-bond donors (Lipinski definition) is 0. The van der Waals surface area contributed by atoms with Gasteiger partial charge in [0.2, 0.25) is 5.91 Å². The average Bonchev–Trinajstić information content (AvgIpc) is 3.05. The SMILES string of the molecule is O=C1CC2(CCN(C(=O)CCc3ccc(F)c(Cl)c3)C2)Oc2ccccc21. The van der Waals surface area contributed by atoms with Crippen molar-refractivity contribution in [3.63, 3.8) is 0 Å². The molecule has 4 rings (SSSR count). The van der Waals surface area contributed by atoms with E-state index in [9.17, 15) is 14.0 Å². The molecule has 2 heterocycles. The van der Waals surface area contributed by atoms with Crippen molar-refractivity contribution in [1.82, 2.24) is 4.90 Å². The minimum absolute atomic E-state index is 0.00206. The number of Topliss-reactive ketones (excluding diaryl/α,β-unsaturated/α-hetero) is 1. The van der Waals surface area contributed by atoms with Crippen LogP contribution in [0.3, 0.4) is 0 Å². The second-order valence-electron chi connectivity index (χ2n) is 7.19. The summed E-state index contributed by atoms with van der Waals surface area (Å²) in [5.74, 6) is 0.200. The fraction of sp³-hybridized carbons (Fsp3) is 0.333. The van der Waals surface area contributed by atoms with Crippen molar-refractivity contribution in [3.05, 3.63) is 64.4 Å². The molecular weight excluding hydrogens is 369 g/mol. The Labute approximate surface area is 161 Å². The monoisotopic (exact) mass is 387 g/mol. The normalized spacial score (nSPS) is 21.3. The first-order valence-corrected chi connectivity index (χ1v) is 9.37. The number of para-hydroxylation sites is 1. The van der Waals surface area contributed by atoms with Crippen LogP contribution in [0.1, 0.15) is 35.2 Å². The van der Waals surface area contributed by atoms with E-state index in [0.717, 1.165) is 5.56 Å². The molecule has 6 heteroatoms. The Hall–Kier alpha value is -2.40. The van der Waals surface area contributed by atoms with Crippen molar-refractivity contribution in [2.24, 2.45) is 0 Å². The smallest absolute Gasteiger partial charge is 0.223 e. The van der Waals surface area contributed by atoms with Crippen LogP contribution in [0.2, 0.25) is 5.02 Å². The molecule has 2 aliphatic heterocycles. The van der Waals surface area contributed by atoms with Gasteiger partial charge >= 0.3 is 0 Å².